The molecular weight excluding hydrogens is 1580 g/mol. The summed E-state index contributed by atoms with van der Waals surface area (Å²) in [6.45, 7) is 24.9. The molecule has 5 aromatic rings. The number of rotatable bonds is 12. The number of esters is 1. The normalized spacial score (nSPS) is 26.9. The van der Waals surface area contributed by atoms with E-state index in [2.05, 4.69) is 98.2 Å². The number of fused-ring (bicyclic) bond motifs is 7. The van der Waals surface area contributed by atoms with Gasteiger partial charge in [0.05, 0.1) is 70.3 Å². The van der Waals surface area contributed by atoms with Crippen LogP contribution in [0.25, 0.3) is 6.08 Å². The first kappa shape index (κ1) is 85.9. The van der Waals surface area contributed by atoms with Crippen LogP contribution in [0.5, 0.6) is 0 Å². The van der Waals surface area contributed by atoms with Gasteiger partial charge in [0, 0.05) is 32.8 Å². The number of ether oxygens (including phenoxy) is 1. The molecular formula is C72H85N19O18S5. The summed E-state index contributed by atoms with van der Waals surface area (Å²) in [5.74, 6) is -12.2. The van der Waals surface area contributed by atoms with Crippen LogP contribution in [-0.4, -0.2) is 198 Å². The zero-order chi connectivity index (χ0) is 83.4. The quantitative estimate of drug-likeness (QED) is 0.0606. The van der Waals surface area contributed by atoms with Crippen LogP contribution in [0.3, 0.4) is 0 Å². The third kappa shape index (κ3) is 18.6. The zero-order valence-corrected chi connectivity index (χ0v) is 67.1. The predicted molar refractivity (Wildman–Crippen MR) is 418 cm³/mol. The van der Waals surface area contributed by atoms with Crippen molar-refractivity contribution >= 4 is 145 Å². The summed E-state index contributed by atoms with van der Waals surface area (Å²) in [6, 6.07) is -11.6. The molecule has 5 aliphatic rings. The fourth-order valence-corrected chi connectivity index (χ4v) is 17.2. The maximum Gasteiger partial charge on any atom is 0.357 e. The zero-order valence-electron chi connectivity index (χ0n) is 63.0. The summed E-state index contributed by atoms with van der Waals surface area (Å²) in [7, 11) is 0. The molecule has 9 heterocycles. The average molecular weight is 1660 g/mol. The number of carbonyl (C=O) groups excluding carboxylic acids is 12. The SMILES string of the molecule is C=C(NC(=O)C(=C)NC(=O)c1csc(C2=N[C@H]3c4csc(n4)[C@@H]4NC(=O)c5csc(n5)[C@@H]([C@@](C)(O)[C@H](C)O)NC(=O)C5CSC(=N5)/C(=C/C)NC(=O)[C@@H]([C@H](C)O)NC(=O)c5csc(n5)[C@@]3(CC2)NC(=O)[C@@H](C)NC(=O)C(=C)NC(=O)[C@@H](C)NC(=O)[C@H]([C@H](C)CC)NC2C=Cc3c([C@@H](C)O)cc(nc3[C@@H]2O)C(=O)O[C@H]4C)n1)C(N)=O. The van der Waals surface area contributed by atoms with Gasteiger partial charge in [0.1, 0.15) is 113 Å². The first-order valence-electron chi connectivity index (χ1n) is 35.6. The van der Waals surface area contributed by atoms with E-state index >= 15 is 14.4 Å². The fraction of sp³-hybridized carbons (Fsp3) is 0.431. The topological polar surface area (TPSA) is 563 Å². The molecule has 4 aliphatic heterocycles. The van der Waals surface area contributed by atoms with Gasteiger partial charge in [-0.25, -0.2) is 29.7 Å². The van der Waals surface area contributed by atoms with Crippen molar-refractivity contribution in [3.05, 3.63) is 148 Å². The number of hydrogen-bond donors (Lipinski definition) is 17. The van der Waals surface area contributed by atoms with Crippen molar-refractivity contribution < 1.29 is 87.8 Å². The molecule has 0 fully saturated rings. The molecule has 0 spiro atoms. The lowest BCUT2D eigenvalue weighted by Crippen LogP contribution is -2.57. The van der Waals surface area contributed by atoms with Crippen LogP contribution in [-0.2, 0) is 48.6 Å². The molecule has 10 rings (SSSR count). The van der Waals surface area contributed by atoms with Gasteiger partial charge in [0.25, 0.3) is 35.4 Å². The molecule has 42 heteroatoms. The van der Waals surface area contributed by atoms with Gasteiger partial charge in [-0.1, -0.05) is 58.2 Å². The van der Waals surface area contributed by atoms with Crippen molar-refractivity contribution in [1.82, 2.24) is 83.4 Å². The van der Waals surface area contributed by atoms with Crippen LogP contribution < -0.4 is 64.2 Å². The maximum atomic E-state index is 15.4. The van der Waals surface area contributed by atoms with Crippen molar-refractivity contribution in [3.63, 3.8) is 0 Å². The molecule has 37 nitrogen and oxygen atoms in total. The van der Waals surface area contributed by atoms with E-state index in [0.717, 1.165) is 57.1 Å². The van der Waals surface area contributed by atoms with E-state index in [1.54, 1.807) is 26.8 Å². The number of pyridine rings is 1. The molecule has 0 saturated carbocycles. The van der Waals surface area contributed by atoms with Gasteiger partial charge in [-0.05, 0) is 85.8 Å². The number of aliphatic hydroxyl groups excluding tert-OH is 4. The summed E-state index contributed by atoms with van der Waals surface area (Å²) in [6.07, 6.45) is -3.18. The van der Waals surface area contributed by atoms with Crippen molar-refractivity contribution in [2.75, 3.05) is 5.75 Å². The van der Waals surface area contributed by atoms with E-state index in [9.17, 15) is 68.7 Å². The number of hydrogen-bond acceptors (Lipinski definition) is 31. The molecule has 0 aromatic carbocycles. The first-order valence-corrected chi connectivity index (χ1v) is 40.1. The van der Waals surface area contributed by atoms with Crippen LogP contribution in [0, 0.1) is 5.92 Å². The van der Waals surface area contributed by atoms with Gasteiger partial charge in [0.15, 0.2) is 0 Å². The minimum atomic E-state index is -2.21. The molecule has 13 bridgehead atoms. The highest BCUT2D eigenvalue weighted by molar-refractivity contribution is 8.14. The molecule has 1 aliphatic carbocycles. The second-order valence-electron chi connectivity index (χ2n) is 27.8. The van der Waals surface area contributed by atoms with Gasteiger partial charge in [0.2, 0.25) is 29.5 Å². The van der Waals surface area contributed by atoms with E-state index < -0.39 is 196 Å². The highest BCUT2D eigenvalue weighted by atomic mass is 32.2. The van der Waals surface area contributed by atoms with Crippen LogP contribution >= 0.6 is 57.1 Å². The van der Waals surface area contributed by atoms with E-state index in [4.69, 9.17) is 25.4 Å². The van der Waals surface area contributed by atoms with Gasteiger partial charge in [-0.3, -0.25) is 68.0 Å². The largest absolute Gasteiger partial charge is 0.455 e. The summed E-state index contributed by atoms with van der Waals surface area (Å²) >= 11 is 4.42. The number of aromatic nitrogens is 5. The Hall–Kier alpha value is -10.5. The fourth-order valence-electron chi connectivity index (χ4n) is 12.3. The van der Waals surface area contributed by atoms with Crippen molar-refractivity contribution in [2.24, 2.45) is 21.6 Å². The summed E-state index contributed by atoms with van der Waals surface area (Å²) in [5, 5.41) is 92.2. The third-order valence-corrected chi connectivity index (χ3v) is 24.3. The molecule has 5 aromatic heterocycles. The summed E-state index contributed by atoms with van der Waals surface area (Å²) in [5.41, 5.74) is -1.79. The predicted octanol–water partition coefficient (Wildman–Crippen LogP) is 0.774. The van der Waals surface area contributed by atoms with Crippen LogP contribution in [0.2, 0.25) is 0 Å². The average Bonchev–Trinajstić information content (AvgIpc) is 1.50. The minimum absolute atomic E-state index is 0.0158. The Labute approximate surface area is 671 Å². The number of nitrogens with two attached hydrogens (primary N) is 1. The highest BCUT2D eigenvalue weighted by Gasteiger charge is 2.51. The first-order chi connectivity index (χ1) is 53.7. The Bertz CT molecular complexity index is 4880. The van der Waals surface area contributed by atoms with E-state index in [1.807, 2.05) is 0 Å². The maximum absolute atomic E-state index is 15.4. The van der Waals surface area contributed by atoms with E-state index in [1.165, 1.54) is 88.2 Å². The molecule has 18 N–H and O–H groups in total. The number of nitrogens with one attached hydrogen (secondary N) is 11. The number of amides is 11. The summed E-state index contributed by atoms with van der Waals surface area (Å²) in [4.78, 5) is 204. The Morgan fingerprint density at radius 2 is 1.45 bits per heavy atom. The molecule has 11 amide bonds. The van der Waals surface area contributed by atoms with Crippen LogP contribution in [0.15, 0.2) is 92.2 Å². The molecule has 0 saturated heterocycles. The number of aliphatic hydroxyl groups is 5. The number of cyclic esters (lactones) is 1. The van der Waals surface area contributed by atoms with Crippen LogP contribution in [0.1, 0.15) is 203 Å². The number of aliphatic imine (C=N–C) groups is 2. The Morgan fingerprint density at radius 1 is 0.763 bits per heavy atom. The molecule has 606 valence electrons. The Morgan fingerprint density at radius 3 is 2.12 bits per heavy atom. The molecule has 2 unspecified atom stereocenters. The van der Waals surface area contributed by atoms with Crippen molar-refractivity contribution in [3.8, 4) is 0 Å². The standard InChI is InChI=1S/C72H85N19O18S5/c1-14-26(3)47-63(105)78-30(7)57(99)75-28(5)56(98)76-31(8)58(100)91-72-19-18-40(66-85-43(22-111-66)59(101)77-29(6)55(97)74-27(4)54(73)96)81-52(72)42-21-112-67(83-42)49(34(11)109-69(107)41-20-37(32(9)92)36-16-17-39(79-47)51(95)50(36)80-41)89-60(102)44-24-113-68(86-44)53(71(13,108)35(12)94)90-62(104)45-23-110-65(84-45)38(15-2)82-64(106)48(33(10)93)88-61(103)46-25-114-70(72)87-46/h15-17,20-22,24-26,30-35,39,45,47-49,51-53,79,92-95,108H,4-6,14,18-19,23H2,1-3,7-13H3,(H2,73,96)(H,74,97)(H,75,99)(H,76,98)(H,77,101)(H,78,105)(H,82,106)(H,88,103)(H,89,102)(H,90,104)(H,91,100)/b38-15-/t26-,30-,31-,32-,33+,34+,35+,39?,45?,47+,48-,49-,51-,52+,53+,71+,72+/m1/s1. The number of allylic oxidation sites excluding steroid dienone is 1. The lowest BCUT2D eigenvalue weighted by molar-refractivity contribution is -0.131. The monoisotopic (exact) mass is 1660 g/mol. The van der Waals surface area contributed by atoms with Crippen LogP contribution in [0.4, 0.5) is 0 Å². The van der Waals surface area contributed by atoms with Gasteiger partial charge in [-0.2, -0.15) is 0 Å². The van der Waals surface area contributed by atoms with Gasteiger partial charge < -0.3 is 89.2 Å². The van der Waals surface area contributed by atoms with E-state index in [0.29, 0.717) is 6.42 Å². The lowest BCUT2D eigenvalue weighted by atomic mass is 9.80. The number of primary amides is 1. The molecule has 114 heavy (non-hydrogen) atoms. The number of nitrogens with zero attached hydrogens (tertiary/aromatic N) is 7. The van der Waals surface area contributed by atoms with Gasteiger partial charge >= 0.3 is 5.97 Å². The Balaban J connectivity index is 1.18. The minimum Gasteiger partial charge on any atom is -0.455 e. The molecule has 0 radical (unpaired) electrons. The van der Waals surface area contributed by atoms with Crippen molar-refractivity contribution in [2.45, 2.75) is 185 Å². The molecule has 17 atom stereocenters. The van der Waals surface area contributed by atoms with E-state index in [-0.39, 0.29) is 94.7 Å². The second-order valence-corrected chi connectivity index (χ2v) is 32.3. The lowest BCUT2D eigenvalue weighted by Gasteiger charge is -2.41. The van der Waals surface area contributed by atoms with Crippen molar-refractivity contribution in [1.29, 1.82) is 0 Å². The number of carbonyl (C=O) groups is 12. The van der Waals surface area contributed by atoms with Gasteiger partial charge in [-0.15, -0.1) is 57.1 Å². The third-order valence-electron chi connectivity index (χ3n) is 19.5. The smallest absolute Gasteiger partial charge is 0.357 e. The summed E-state index contributed by atoms with van der Waals surface area (Å²) < 4.78 is 6.26. The second kappa shape index (κ2) is 35.5. The number of thiazole rings is 4. The number of thioether (sulfide) groups is 1. The Kier molecular flexibility index (Phi) is 26.7. The highest BCUT2D eigenvalue weighted by Crippen LogP contribution is 2.48.